The van der Waals surface area contributed by atoms with Crippen LogP contribution >= 0.6 is 0 Å². The van der Waals surface area contributed by atoms with Gasteiger partial charge in [-0.25, -0.2) is 0 Å². The summed E-state index contributed by atoms with van der Waals surface area (Å²) in [5.74, 6) is -0.0401. The van der Waals surface area contributed by atoms with Gasteiger partial charge in [-0.3, -0.25) is 28.8 Å². The van der Waals surface area contributed by atoms with E-state index in [0.717, 1.165) is 37.1 Å². The molecular formula is C47H66NO8Rb. The van der Waals surface area contributed by atoms with Crippen LogP contribution in [0.1, 0.15) is 156 Å². The number of rotatable bonds is 23. The second-order valence-electron chi connectivity index (χ2n) is 13.5. The van der Waals surface area contributed by atoms with Gasteiger partial charge >= 0.3 is 58.2 Å². The predicted molar refractivity (Wildman–Crippen MR) is 224 cm³/mol. The van der Waals surface area contributed by atoms with Gasteiger partial charge in [0, 0.05) is 29.7 Å². The van der Waals surface area contributed by atoms with Crippen LogP contribution in [0.5, 0.6) is 11.5 Å². The number of Topliss-reactive ketones (excluding diaryl/α,β-unsaturated/α-hetero) is 6. The molecule has 3 aromatic carbocycles. The molecule has 0 aliphatic heterocycles. The fourth-order valence-corrected chi connectivity index (χ4v) is 5.09. The summed E-state index contributed by atoms with van der Waals surface area (Å²) in [5.41, 5.74) is 2.72. The molecule has 57 heavy (non-hydrogen) atoms. The molecule has 0 spiro atoms. The molecule has 0 N–H and O–H groups in total. The molecule has 0 saturated carbocycles. The minimum absolute atomic E-state index is 0. The van der Waals surface area contributed by atoms with Crippen LogP contribution in [0.2, 0.25) is 0 Å². The largest absolute Gasteiger partial charge is 1.00 e. The molecule has 0 radical (unpaired) electrons. The Morgan fingerprint density at radius 1 is 0.561 bits per heavy atom. The van der Waals surface area contributed by atoms with Crippen molar-refractivity contribution in [2.75, 3.05) is 26.2 Å². The van der Waals surface area contributed by atoms with Crippen LogP contribution in [0, 0.1) is 6.92 Å². The van der Waals surface area contributed by atoms with Crippen LogP contribution < -0.4 is 68.0 Å². The molecule has 0 aromatic heterocycles. The van der Waals surface area contributed by atoms with Crippen molar-refractivity contribution in [3.05, 3.63) is 95.1 Å². The fraction of sp³-hybridized carbons (Fsp3) is 0.489. The maximum absolute atomic E-state index is 12.2. The van der Waals surface area contributed by atoms with Gasteiger partial charge < -0.3 is 14.7 Å². The van der Waals surface area contributed by atoms with E-state index in [0.29, 0.717) is 29.7 Å². The Hall–Kier alpha value is -2.95. The van der Waals surface area contributed by atoms with Crippen molar-refractivity contribution in [3.63, 3.8) is 0 Å². The van der Waals surface area contributed by atoms with Gasteiger partial charge in [0.1, 0.15) is 23.1 Å². The third-order valence-electron chi connectivity index (χ3n) is 8.26. The normalized spacial score (nSPS) is 9.91. The Bertz CT molecular complexity index is 1510. The Labute approximate surface area is 391 Å². The van der Waals surface area contributed by atoms with Crippen molar-refractivity contribution in [1.82, 2.24) is 4.90 Å². The van der Waals surface area contributed by atoms with E-state index in [-0.39, 0.29) is 118 Å². The van der Waals surface area contributed by atoms with E-state index in [1.165, 1.54) is 76.9 Å². The second kappa shape index (κ2) is 35.0. The molecule has 0 amide bonds. The first-order valence-corrected chi connectivity index (χ1v) is 20.2. The van der Waals surface area contributed by atoms with Crippen molar-refractivity contribution in [2.24, 2.45) is 0 Å². The van der Waals surface area contributed by atoms with Crippen LogP contribution in [-0.2, 0) is 14.4 Å². The zero-order chi connectivity index (χ0) is 42.3. The van der Waals surface area contributed by atoms with Crippen molar-refractivity contribution >= 4 is 34.7 Å². The second-order valence-corrected chi connectivity index (χ2v) is 13.5. The first kappa shape index (κ1) is 56.1. The summed E-state index contributed by atoms with van der Waals surface area (Å²) >= 11 is 0. The minimum atomic E-state index is -0.243. The molecule has 0 aliphatic rings. The smallest absolute Gasteiger partial charge is 0.872 e. The van der Waals surface area contributed by atoms with Gasteiger partial charge in [0.05, 0.1) is 25.9 Å². The monoisotopic (exact) mass is 857 g/mol. The Balaban J connectivity index is 0. The summed E-state index contributed by atoms with van der Waals surface area (Å²) in [6, 6.07) is 19.9. The van der Waals surface area contributed by atoms with E-state index < -0.39 is 0 Å². The third kappa shape index (κ3) is 28.2. The molecule has 0 atom stereocenters. The Morgan fingerprint density at radius 2 is 0.947 bits per heavy atom. The van der Waals surface area contributed by atoms with E-state index in [1.54, 1.807) is 24.3 Å². The van der Waals surface area contributed by atoms with E-state index in [4.69, 9.17) is 4.74 Å². The van der Waals surface area contributed by atoms with E-state index >= 15 is 0 Å². The van der Waals surface area contributed by atoms with Crippen LogP contribution in [0.4, 0.5) is 0 Å². The molecule has 308 valence electrons. The van der Waals surface area contributed by atoms with Crippen molar-refractivity contribution in [3.8, 4) is 11.5 Å². The van der Waals surface area contributed by atoms with Gasteiger partial charge in [-0.05, 0) is 83.8 Å². The number of carbonyl (C=O) groups is 6. The van der Waals surface area contributed by atoms with Crippen LogP contribution in [0.25, 0.3) is 0 Å². The van der Waals surface area contributed by atoms with Gasteiger partial charge in [0.15, 0.2) is 17.3 Å². The number of hydrogen-bond acceptors (Lipinski definition) is 9. The minimum Gasteiger partial charge on any atom is -0.872 e. The number of benzene rings is 3. The van der Waals surface area contributed by atoms with Gasteiger partial charge in [-0.1, -0.05) is 108 Å². The predicted octanol–water partition coefficient (Wildman–Crippen LogP) is 6.80. The molecule has 0 saturated heterocycles. The van der Waals surface area contributed by atoms with Gasteiger partial charge in [0.25, 0.3) is 0 Å². The van der Waals surface area contributed by atoms with E-state index in [1.807, 2.05) is 52.0 Å². The van der Waals surface area contributed by atoms with Crippen molar-refractivity contribution in [2.45, 2.75) is 126 Å². The summed E-state index contributed by atoms with van der Waals surface area (Å²) in [6.07, 6.45) is 8.20. The number of carbonyl (C=O) groups excluding carboxylic acids is 6. The fourth-order valence-electron chi connectivity index (χ4n) is 5.09. The van der Waals surface area contributed by atoms with Crippen LogP contribution in [0.15, 0.2) is 72.8 Å². The average molecular weight is 859 g/mol. The molecule has 10 heteroatoms. The van der Waals surface area contributed by atoms with Gasteiger partial charge in [-0.15, -0.1) is 5.75 Å². The molecule has 0 fully saturated rings. The summed E-state index contributed by atoms with van der Waals surface area (Å²) in [6.45, 7) is 19.3. The first-order valence-electron chi connectivity index (χ1n) is 20.2. The van der Waals surface area contributed by atoms with Crippen molar-refractivity contribution in [1.29, 1.82) is 0 Å². The molecule has 3 rings (SSSR count). The zero-order valence-corrected chi connectivity index (χ0v) is 41.2. The maximum Gasteiger partial charge on any atom is 1.00 e. The molecule has 0 unspecified atom stereocenters. The Morgan fingerprint density at radius 3 is 1.37 bits per heavy atom. The van der Waals surface area contributed by atoms with Gasteiger partial charge in [0.2, 0.25) is 0 Å². The molecule has 9 nitrogen and oxygen atoms in total. The van der Waals surface area contributed by atoms with Crippen LogP contribution in [0.3, 0.4) is 0 Å². The number of aryl methyl sites for hydroxylation is 1. The van der Waals surface area contributed by atoms with Crippen LogP contribution in [-0.4, -0.2) is 65.8 Å². The average Bonchev–Trinajstić information content (AvgIpc) is 3.18. The third-order valence-corrected chi connectivity index (χ3v) is 8.26. The summed E-state index contributed by atoms with van der Waals surface area (Å²) in [7, 11) is 0. The molecule has 0 aliphatic carbocycles. The number of unbranched alkanes of at least 4 members (excludes halogenated alkanes) is 3. The van der Waals surface area contributed by atoms with E-state index in [9.17, 15) is 33.9 Å². The number of ether oxygens (including phenoxy) is 1. The van der Waals surface area contributed by atoms with E-state index in [2.05, 4.69) is 18.7 Å². The number of ketones is 6. The zero-order valence-electron chi connectivity index (χ0n) is 36.2. The molecule has 0 bridgehead atoms. The molecule has 3 aromatic rings. The van der Waals surface area contributed by atoms with Gasteiger partial charge in [-0.2, -0.15) is 0 Å². The standard InChI is InChI=1S/C24H39NO3.C11H12O2.C10H10O3.C2H6.Rb/c1-4-7-11-22(26)20-24(27)21-12-14-23(15-13-21)28-19-10-18-25(16-8-5-2)17-9-6-3;1-8-3-5-10(6-4-8)11(13)7-9(2)12;1-7(11)6-10(13)8-2-4-9(12)5-3-8;1-2;/h12-15H,4-11,16-20H2,1-3H3;3-6H,7H2,1-2H3;2-5,12H,6H2,1H3;1-2H3;/q;;;;+1/p-1. The summed E-state index contributed by atoms with van der Waals surface area (Å²) in [5, 5.41) is 10.7. The SMILES string of the molecule is CC.CC(=O)CC(=O)c1ccc(C)cc1.CC(=O)CC(=O)c1ccc([O-])cc1.CCCCC(=O)CC(=O)c1ccc(OCCCN(CCCC)CCCC)cc1.[Rb+]. The molecular weight excluding hydrogens is 792 g/mol. The van der Waals surface area contributed by atoms with Crippen molar-refractivity contribution < 1.29 is 96.8 Å². The number of nitrogens with zero attached hydrogens (tertiary/aromatic N) is 1. The topological polar surface area (TPSA) is 138 Å². The summed E-state index contributed by atoms with van der Waals surface area (Å²) in [4.78, 5) is 70.3. The summed E-state index contributed by atoms with van der Waals surface area (Å²) < 4.78 is 5.83. The molecule has 0 heterocycles. The Kier molecular flexibility index (Phi) is 34.5. The number of hydrogen-bond donors (Lipinski definition) is 0. The quantitative estimate of drug-likeness (QED) is 0.0573. The first-order chi connectivity index (χ1) is 26.8. The maximum atomic E-state index is 12.2.